The SMILES string of the molecule is COCC(C)NC(=O)CNc1c(C)cc(Br)cc1C. The molecule has 1 unspecified atom stereocenters. The van der Waals surface area contributed by atoms with Gasteiger partial charge < -0.3 is 15.4 Å². The number of rotatable bonds is 6. The molecule has 0 aliphatic carbocycles. The number of amides is 1. The molecule has 1 amide bonds. The minimum atomic E-state index is -0.0359. The van der Waals surface area contributed by atoms with Gasteiger partial charge in [-0.05, 0) is 44.0 Å². The smallest absolute Gasteiger partial charge is 0.239 e. The molecule has 1 rings (SSSR count). The molecular formula is C14H21BrN2O2. The fourth-order valence-corrected chi connectivity index (χ4v) is 2.66. The van der Waals surface area contributed by atoms with Gasteiger partial charge in [-0.3, -0.25) is 4.79 Å². The van der Waals surface area contributed by atoms with Gasteiger partial charge in [0, 0.05) is 23.3 Å². The first-order chi connectivity index (χ1) is 8.93. The van der Waals surface area contributed by atoms with E-state index in [1.165, 1.54) is 0 Å². The third-order valence-electron chi connectivity index (χ3n) is 2.75. The largest absolute Gasteiger partial charge is 0.383 e. The molecule has 1 aromatic rings. The lowest BCUT2D eigenvalue weighted by Crippen LogP contribution is -2.39. The number of hydrogen-bond donors (Lipinski definition) is 2. The number of hydrogen-bond acceptors (Lipinski definition) is 3. The number of carbonyl (C=O) groups excluding carboxylic acids is 1. The van der Waals surface area contributed by atoms with Crippen molar-refractivity contribution < 1.29 is 9.53 Å². The van der Waals surface area contributed by atoms with Crippen LogP contribution in [0.2, 0.25) is 0 Å². The Morgan fingerprint density at radius 2 is 1.95 bits per heavy atom. The monoisotopic (exact) mass is 328 g/mol. The van der Waals surface area contributed by atoms with E-state index in [-0.39, 0.29) is 18.5 Å². The van der Waals surface area contributed by atoms with Crippen LogP contribution >= 0.6 is 15.9 Å². The summed E-state index contributed by atoms with van der Waals surface area (Å²) in [6.07, 6.45) is 0. The highest BCUT2D eigenvalue weighted by Crippen LogP contribution is 2.24. The molecule has 0 bridgehead atoms. The van der Waals surface area contributed by atoms with E-state index in [2.05, 4.69) is 26.6 Å². The van der Waals surface area contributed by atoms with Gasteiger partial charge in [-0.25, -0.2) is 0 Å². The van der Waals surface area contributed by atoms with Crippen molar-refractivity contribution in [2.45, 2.75) is 26.8 Å². The standard InChI is InChI=1S/C14H21BrN2O2/c1-9-5-12(15)6-10(2)14(9)16-7-13(18)17-11(3)8-19-4/h5-6,11,16H,7-8H2,1-4H3,(H,17,18). The van der Waals surface area contributed by atoms with E-state index in [1.54, 1.807) is 7.11 Å². The third kappa shape index (κ3) is 5.20. The van der Waals surface area contributed by atoms with Crippen LogP contribution in [0, 0.1) is 13.8 Å². The van der Waals surface area contributed by atoms with Crippen LogP contribution < -0.4 is 10.6 Å². The van der Waals surface area contributed by atoms with E-state index < -0.39 is 0 Å². The lowest BCUT2D eigenvalue weighted by atomic mass is 10.1. The van der Waals surface area contributed by atoms with E-state index in [0.717, 1.165) is 21.3 Å². The lowest BCUT2D eigenvalue weighted by Gasteiger charge is -2.16. The predicted octanol–water partition coefficient (Wildman–Crippen LogP) is 2.63. The Balaban J connectivity index is 2.55. The summed E-state index contributed by atoms with van der Waals surface area (Å²) in [7, 11) is 1.62. The second-order valence-electron chi connectivity index (χ2n) is 4.69. The highest BCUT2D eigenvalue weighted by molar-refractivity contribution is 9.10. The number of nitrogens with one attached hydrogen (secondary N) is 2. The Hall–Kier alpha value is -1.07. The van der Waals surface area contributed by atoms with Gasteiger partial charge in [0.05, 0.1) is 13.2 Å². The van der Waals surface area contributed by atoms with Crippen molar-refractivity contribution in [3.63, 3.8) is 0 Å². The first-order valence-electron chi connectivity index (χ1n) is 6.23. The summed E-state index contributed by atoms with van der Waals surface area (Å²) in [6, 6.07) is 4.08. The van der Waals surface area contributed by atoms with Crippen molar-refractivity contribution in [2.75, 3.05) is 25.6 Å². The van der Waals surface area contributed by atoms with E-state index in [9.17, 15) is 4.79 Å². The molecule has 106 valence electrons. The number of halogens is 1. The zero-order chi connectivity index (χ0) is 14.4. The Bertz CT molecular complexity index is 426. The predicted molar refractivity (Wildman–Crippen MR) is 81.6 cm³/mol. The maximum Gasteiger partial charge on any atom is 0.239 e. The average Bonchev–Trinajstić information content (AvgIpc) is 2.27. The van der Waals surface area contributed by atoms with Crippen molar-refractivity contribution in [2.24, 2.45) is 0 Å². The third-order valence-corrected chi connectivity index (χ3v) is 3.21. The molecule has 19 heavy (non-hydrogen) atoms. The maximum atomic E-state index is 11.8. The highest BCUT2D eigenvalue weighted by Gasteiger charge is 2.09. The first kappa shape index (κ1) is 16.0. The van der Waals surface area contributed by atoms with Crippen LogP contribution in [0.4, 0.5) is 5.69 Å². The molecule has 1 atom stereocenters. The summed E-state index contributed by atoms with van der Waals surface area (Å²) < 4.78 is 6.03. The molecule has 0 saturated heterocycles. The van der Waals surface area contributed by atoms with Crippen LogP contribution in [0.15, 0.2) is 16.6 Å². The highest BCUT2D eigenvalue weighted by atomic mass is 79.9. The summed E-state index contributed by atoms with van der Waals surface area (Å²) >= 11 is 3.46. The quantitative estimate of drug-likeness (QED) is 0.844. The Kier molecular flexibility index (Phi) is 6.31. The van der Waals surface area contributed by atoms with Crippen LogP contribution in [-0.2, 0) is 9.53 Å². The van der Waals surface area contributed by atoms with Crippen molar-refractivity contribution in [1.29, 1.82) is 0 Å². The van der Waals surface area contributed by atoms with Gasteiger partial charge in [0.1, 0.15) is 0 Å². The second kappa shape index (κ2) is 7.50. The van der Waals surface area contributed by atoms with Crippen molar-refractivity contribution >= 4 is 27.5 Å². The molecule has 2 N–H and O–H groups in total. The first-order valence-corrected chi connectivity index (χ1v) is 7.02. The van der Waals surface area contributed by atoms with Gasteiger partial charge >= 0.3 is 0 Å². The molecule has 0 radical (unpaired) electrons. The number of ether oxygens (including phenoxy) is 1. The van der Waals surface area contributed by atoms with Crippen molar-refractivity contribution in [3.8, 4) is 0 Å². The van der Waals surface area contributed by atoms with E-state index >= 15 is 0 Å². The molecule has 4 nitrogen and oxygen atoms in total. The summed E-state index contributed by atoms with van der Waals surface area (Å²) in [5.74, 6) is -0.0359. The fourth-order valence-electron chi connectivity index (χ4n) is 1.98. The lowest BCUT2D eigenvalue weighted by molar-refractivity contribution is -0.120. The number of methoxy groups -OCH3 is 1. The fraction of sp³-hybridized carbons (Fsp3) is 0.500. The number of anilines is 1. The molecule has 5 heteroatoms. The molecule has 0 spiro atoms. The minimum absolute atomic E-state index is 0.0198. The number of benzene rings is 1. The Morgan fingerprint density at radius 1 is 1.37 bits per heavy atom. The van der Waals surface area contributed by atoms with Crippen LogP contribution in [0.5, 0.6) is 0 Å². The molecule has 1 aromatic carbocycles. The van der Waals surface area contributed by atoms with Gasteiger partial charge in [0.15, 0.2) is 0 Å². The number of aryl methyl sites for hydroxylation is 2. The maximum absolute atomic E-state index is 11.8. The summed E-state index contributed by atoms with van der Waals surface area (Å²) in [5.41, 5.74) is 3.24. The van der Waals surface area contributed by atoms with Gasteiger partial charge in [0.2, 0.25) is 5.91 Å². The van der Waals surface area contributed by atoms with Crippen LogP contribution in [0.1, 0.15) is 18.1 Å². The number of carbonyl (C=O) groups is 1. The normalized spacial score (nSPS) is 12.1. The van der Waals surface area contributed by atoms with Gasteiger partial charge in [-0.1, -0.05) is 15.9 Å². The molecule has 0 saturated carbocycles. The average molecular weight is 329 g/mol. The van der Waals surface area contributed by atoms with Gasteiger partial charge in [-0.2, -0.15) is 0 Å². The van der Waals surface area contributed by atoms with Gasteiger partial charge in [0.25, 0.3) is 0 Å². The van der Waals surface area contributed by atoms with Crippen molar-refractivity contribution in [1.82, 2.24) is 5.32 Å². The minimum Gasteiger partial charge on any atom is -0.383 e. The summed E-state index contributed by atoms with van der Waals surface area (Å²) in [6.45, 7) is 6.73. The zero-order valence-electron chi connectivity index (χ0n) is 11.8. The summed E-state index contributed by atoms with van der Waals surface area (Å²) in [4.78, 5) is 11.8. The molecule has 0 aliphatic rings. The van der Waals surface area contributed by atoms with E-state index in [4.69, 9.17) is 4.74 Å². The van der Waals surface area contributed by atoms with E-state index in [0.29, 0.717) is 6.61 Å². The van der Waals surface area contributed by atoms with Crippen molar-refractivity contribution in [3.05, 3.63) is 27.7 Å². The Labute approximate surface area is 123 Å². The molecule has 0 fully saturated rings. The topological polar surface area (TPSA) is 50.4 Å². The molecular weight excluding hydrogens is 308 g/mol. The second-order valence-corrected chi connectivity index (χ2v) is 5.61. The van der Waals surface area contributed by atoms with Crippen LogP contribution in [0.3, 0.4) is 0 Å². The van der Waals surface area contributed by atoms with E-state index in [1.807, 2.05) is 32.9 Å². The van der Waals surface area contributed by atoms with Crippen LogP contribution in [0.25, 0.3) is 0 Å². The molecule has 0 aromatic heterocycles. The van der Waals surface area contributed by atoms with Gasteiger partial charge in [-0.15, -0.1) is 0 Å². The van der Waals surface area contributed by atoms with Crippen LogP contribution in [-0.4, -0.2) is 32.2 Å². The molecule has 0 aliphatic heterocycles. The Morgan fingerprint density at radius 3 is 2.47 bits per heavy atom. The summed E-state index contributed by atoms with van der Waals surface area (Å²) in [5, 5.41) is 6.05. The molecule has 0 heterocycles. The zero-order valence-corrected chi connectivity index (χ0v) is 13.4.